The zero-order valence-electron chi connectivity index (χ0n) is 12.1. The van der Waals surface area contributed by atoms with E-state index in [2.05, 4.69) is 47.3 Å². The van der Waals surface area contributed by atoms with Gasteiger partial charge in [0.15, 0.2) is 0 Å². The second-order valence-corrected chi connectivity index (χ2v) is 6.88. The van der Waals surface area contributed by atoms with Crippen LogP contribution in [0.2, 0.25) is 0 Å². The Morgan fingerprint density at radius 1 is 1.50 bits per heavy atom. The largest absolute Gasteiger partial charge is 0.301 e. The first-order valence-corrected chi connectivity index (χ1v) is 7.36. The Balaban J connectivity index is 1.92. The van der Waals surface area contributed by atoms with Crippen molar-refractivity contribution >= 4 is 11.5 Å². The van der Waals surface area contributed by atoms with Gasteiger partial charge in [-0.1, -0.05) is 4.49 Å². The van der Waals surface area contributed by atoms with E-state index in [-0.39, 0.29) is 0 Å². The van der Waals surface area contributed by atoms with E-state index in [1.807, 2.05) is 6.92 Å². The minimum absolute atomic E-state index is 0.315. The first kappa shape index (κ1) is 13.9. The van der Waals surface area contributed by atoms with Crippen LogP contribution in [0.1, 0.15) is 30.8 Å². The molecule has 0 aromatic carbocycles. The zero-order chi connectivity index (χ0) is 13.3. The van der Waals surface area contributed by atoms with Crippen molar-refractivity contribution in [1.29, 1.82) is 0 Å². The van der Waals surface area contributed by atoms with Crippen molar-refractivity contribution in [1.82, 2.24) is 19.4 Å². The van der Waals surface area contributed by atoms with Crippen molar-refractivity contribution < 1.29 is 0 Å². The van der Waals surface area contributed by atoms with E-state index in [1.165, 1.54) is 29.4 Å². The summed E-state index contributed by atoms with van der Waals surface area (Å²) in [6, 6.07) is 0. The molecule has 1 fully saturated rings. The van der Waals surface area contributed by atoms with Crippen molar-refractivity contribution in [2.45, 2.75) is 39.3 Å². The van der Waals surface area contributed by atoms with Gasteiger partial charge in [0.1, 0.15) is 0 Å². The summed E-state index contributed by atoms with van der Waals surface area (Å²) in [6.07, 6.45) is 1.30. The highest BCUT2D eigenvalue weighted by atomic mass is 32.1. The van der Waals surface area contributed by atoms with Crippen LogP contribution in [0.3, 0.4) is 0 Å². The minimum Gasteiger partial charge on any atom is -0.301 e. The third-order valence-corrected chi connectivity index (χ3v) is 5.30. The maximum Gasteiger partial charge on any atom is 0.0769 e. The predicted octanol–water partition coefficient (Wildman–Crippen LogP) is 2.01. The Bertz CT molecular complexity index is 401. The number of aromatic nitrogens is 2. The zero-order valence-corrected chi connectivity index (χ0v) is 12.9. The van der Waals surface area contributed by atoms with E-state index >= 15 is 0 Å². The summed E-state index contributed by atoms with van der Waals surface area (Å²) in [6.45, 7) is 10.1. The van der Waals surface area contributed by atoms with E-state index in [4.69, 9.17) is 0 Å². The molecule has 2 rings (SSSR count). The van der Waals surface area contributed by atoms with Gasteiger partial charge in [0.2, 0.25) is 0 Å². The molecule has 0 radical (unpaired) electrons. The monoisotopic (exact) mass is 268 g/mol. The quantitative estimate of drug-likeness (QED) is 0.836. The average Bonchev–Trinajstić information content (AvgIpc) is 2.78. The second-order valence-electron chi connectivity index (χ2n) is 6.04. The van der Waals surface area contributed by atoms with Gasteiger partial charge in [0.25, 0.3) is 0 Å². The van der Waals surface area contributed by atoms with E-state index in [0.29, 0.717) is 5.54 Å². The molecule has 5 heteroatoms. The van der Waals surface area contributed by atoms with Gasteiger partial charge in [-0.2, -0.15) is 0 Å². The molecule has 1 aromatic heterocycles. The minimum atomic E-state index is 0.315. The summed E-state index contributed by atoms with van der Waals surface area (Å²) in [5.74, 6) is 0.744. The van der Waals surface area contributed by atoms with Crippen molar-refractivity contribution in [3.8, 4) is 0 Å². The fraction of sp³-hybridized carbons (Fsp3) is 0.846. The molecule has 102 valence electrons. The fourth-order valence-electron chi connectivity index (χ4n) is 2.70. The SMILES string of the molecule is Cc1nnsc1CN(C)CC1CCN(C)C1(C)C. The molecule has 0 saturated carbocycles. The van der Waals surface area contributed by atoms with Crippen molar-refractivity contribution in [2.75, 3.05) is 27.2 Å². The molecule has 0 spiro atoms. The van der Waals surface area contributed by atoms with Gasteiger partial charge in [0.05, 0.1) is 10.6 Å². The Labute approximate surface area is 114 Å². The van der Waals surface area contributed by atoms with Crippen LogP contribution in [0.15, 0.2) is 0 Å². The third-order valence-electron chi connectivity index (χ3n) is 4.49. The topological polar surface area (TPSA) is 32.3 Å². The maximum atomic E-state index is 4.08. The van der Waals surface area contributed by atoms with Crippen LogP contribution in [-0.2, 0) is 6.54 Å². The molecule has 18 heavy (non-hydrogen) atoms. The molecule has 1 aliphatic rings. The first-order valence-electron chi connectivity index (χ1n) is 6.59. The Morgan fingerprint density at radius 2 is 2.22 bits per heavy atom. The summed E-state index contributed by atoms with van der Waals surface area (Å²) in [4.78, 5) is 6.18. The lowest BCUT2D eigenvalue weighted by Gasteiger charge is -2.35. The smallest absolute Gasteiger partial charge is 0.0769 e. The Kier molecular flexibility index (Phi) is 4.04. The maximum absolute atomic E-state index is 4.08. The van der Waals surface area contributed by atoms with Crippen LogP contribution in [0.25, 0.3) is 0 Å². The van der Waals surface area contributed by atoms with Crippen LogP contribution in [0.4, 0.5) is 0 Å². The van der Waals surface area contributed by atoms with Crippen molar-refractivity contribution in [3.63, 3.8) is 0 Å². The first-order chi connectivity index (χ1) is 8.41. The molecule has 0 aliphatic carbocycles. The Morgan fingerprint density at radius 3 is 2.72 bits per heavy atom. The molecule has 2 heterocycles. The molecule has 0 amide bonds. The van der Waals surface area contributed by atoms with Crippen molar-refractivity contribution in [3.05, 3.63) is 10.6 Å². The standard InChI is InChI=1S/C13H24N4S/c1-10-12(18-15-14-10)9-16(4)8-11-6-7-17(5)13(11,2)3/h11H,6-9H2,1-5H3. The number of hydrogen-bond donors (Lipinski definition) is 0. The number of rotatable bonds is 4. The van der Waals surface area contributed by atoms with Gasteiger partial charge in [-0.05, 0) is 65.3 Å². The average molecular weight is 268 g/mol. The fourth-order valence-corrected chi connectivity index (χ4v) is 3.41. The molecule has 1 aromatic rings. The summed E-state index contributed by atoms with van der Waals surface area (Å²) in [7, 11) is 4.44. The molecule has 1 unspecified atom stereocenters. The van der Waals surface area contributed by atoms with Gasteiger partial charge < -0.3 is 9.80 Å². The molecule has 4 nitrogen and oxygen atoms in total. The lowest BCUT2D eigenvalue weighted by molar-refractivity contribution is 0.140. The van der Waals surface area contributed by atoms with Crippen LogP contribution in [0, 0.1) is 12.8 Å². The predicted molar refractivity (Wildman–Crippen MR) is 75.8 cm³/mol. The summed E-state index contributed by atoms with van der Waals surface area (Å²) in [5, 5.41) is 4.08. The summed E-state index contributed by atoms with van der Waals surface area (Å²) >= 11 is 1.52. The molecule has 0 bridgehead atoms. The van der Waals surface area contributed by atoms with E-state index in [9.17, 15) is 0 Å². The van der Waals surface area contributed by atoms with Gasteiger partial charge in [-0.3, -0.25) is 0 Å². The summed E-state index contributed by atoms with van der Waals surface area (Å²) in [5.41, 5.74) is 1.39. The van der Waals surface area contributed by atoms with Gasteiger partial charge in [-0.15, -0.1) is 5.10 Å². The molecule has 1 saturated heterocycles. The number of aryl methyl sites for hydroxylation is 1. The van der Waals surface area contributed by atoms with Crippen LogP contribution >= 0.6 is 11.5 Å². The molecular formula is C13H24N4S. The van der Waals surface area contributed by atoms with E-state index in [1.54, 1.807) is 0 Å². The highest BCUT2D eigenvalue weighted by molar-refractivity contribution is 7.05. The highest BCUT2D eigenvalue weighted by Gasteiger charge is 2.39. The third kappa shape index (κ3) is 2.73. The van der Waals surface area contributed by atoms with Crippen LogP contribution in [-0.4, -0.2) is 52.1 Å². The molecular weight excluding hydrogens is 244 g/mol. The van der Waals surface area contributed by atoms with Gasteiger partial charge in [0, 0.05) is 18.6 Å². The van der Waals surface area contributed by atoms with Crippen LogP contribution < -0.4 is 0 Å². The molecule has 1 atom stereocenters. The Hall–Kier alpha value is -0.520. The number of likely N-dealkylation sites (tertiary alicyclic amines) is 1. The second kappa shape index (κ2) is 5.23. The lowest BCUT2D eigenvalue weighted by atomic mass is 9.88. The molecule has 1 aliphatic heterocycles. The van der Waals surface area contributed by atoms with Crippen molar-refractivity contribution in [2.24, 2.45) is 5.92 Å². The summed E-state index contributed by atoms with van der Waals surface area (Å²) < 4.78 is 4.00. The van der Waals surface area contributed by atoms with E-state index < -0.39 is 0 Å². The normalized spacial score (nSPS) is 24.0. The van der Waals surface area contributed by atoms with E-state index in [0.717, 1.165) is 24.7 Å². The number of nitrogens with zero attached hydrogens (tertiary/aromatic N) is 4. The lowest BCUT2D eigenvalue weighted by Crippen LogP contribution is -2.43. The van der Waals surface area contributed by atoms with Crippen LogP contribution in [0.5, 0.6) is 0 Å². The number of hydrogen-bond acceptors (Lipinski definition) is 5. The molecule has 0 N–H and O–H groups in total. The van der Waals surface area contributed by atoms with Gasteiger partial charge in [-0.25, -0.2) is 0 Å². The van der Waals surface area contributed by atoms with Gasteiger partial charge >= 0.3 is 0 Å². The highest BCUT2D eigenvalue weighted by Crippen LogP contribution is 2.33.